The number of fused-ring (bicyclic) bond motifs is 1. The number of nitrogens with one attached hydrogen (secondary N) is 1. The molecule has 0 aliphatic carbocycles. The van der Waals surface area contributed by atoms with Gasteiger partial charge in [0.25, 0.3) is 0 Å². The van der Waals surface area contributed by atoms with Crippen LogP contribution in [-0.4, -0.2) is 10.5 Å². The van der Waals surface area contributed by atoms with Gasteiger partial charge in [0, 0.05) is 16.5 Å². The van der Waals surface area contributed by atoms with Gasteiger partial charge in [0.1, 0.15) is 0 Å². The van der Waals surface area contributed by atoms with Gasteiger partial charge in [0.05, 0.1) is 5.69 Å². The van der Waals surface area contributed by atoms with E-state index in [1.54, 1.807) is 11.3 Å². The number of nitrogens with zero attached hydrogens (tertiary/aromatic N) is 1. The van der Waals surface area contributed by atoms with Crippen molar-refractivity contribution in [3.8, 4) is 11.3 Å². The van der Waals surface area contributed by atoms with Crippen LogP contribution in [0.4, 0.5) is 5.13 Å². The molecule has 20 heavy (non-hydrogen) atoms. The Labute approximate surface area is 123 Å². The van der Waals surface area contributed by atoms with Crippen LogP contribution in [0.5, 0.6) is 0 Å². The van der Waals surface area contributed by atoms with E-state index < -0.39 is 0 Å². The van der Waals surface area contributed by atoms with Crippen molar-refractivity contribution < 1.29 is 0 Å². The van der Waals surface area contributed by atoms with Crippen LogP contribution >= 0.6 is 11.3 Å². The van der Waals surface area contributed by atoms with Crippen molar-refractivity contribution in [3.05, 3.63) is 47.8 Å². The van der Waals surface area contributed by atoms with Crippen LogP contribution in [0.1, 0.15) is 20.8 Å². The molecular formula is C17H18N2S. The Hall–Kier alpha value is -1.87. The molecule has 3 aromatic rings. The first-order chi connectivity index (χ1) is 9.51. The van der Waals surface area contributed by atoms with E-state index in [2.05, 4.69) is 78.9 Å². The minimum Gasteiger partial charge on any atom is -0.357 e. The predicted molar refractivity (Wildman–Crippen MR) is 88.4 cm³/mol. The summed E-state index contributed by atoms with van der Waals surface area (Å²) in [5, 5.41) is 9.01. The van der Waals surface area contributed by atoms with Crippen molar-refractivity contribution in [1.29, 1.82) is 0 Å². The molecule has 3 heteroatoms. The van der Waals surface area contributed by atoms with Crippen molar-refractivity contribution in [2.24, 2.45) is 0 Å². The summed E-state index contributed by atoms with van der Waals surface area (Å²) in [7, 11) is 0. The zero-order valence-corrected chi connectivity index (χ0v) is 12.8. The predicted octanol–water partition coefficient (Wildman–Crippen LogP) is 5.17. The fraction of sp³-hybridized carbons (Fsp3) is 0.235. The molecule has 0 atom stereocenters. The van der Waals surface area contributed by atoms with Crippen LogP contribution in [-0.2, 0) is 0 Å². The number of benzene rings is 2. The van der Waals surface area contributed by atoms with Gasteiger partial charge in [0.2, 0.25) is 0 Å². The van der Waals surface area contributed by atoms with E-state index in [1.807, 2.05) is 0 Å². The summed E-state index contributed by atoms with van der Waals surface area (Å²) >= 11 is 1.65. The van der Waals surface area contributed by atoms with Crippen LogP contribution in [0.2, 0.25) is 0 Å². The first-order valence-electron chi connectivity index (χ1n) is 6.74. The third kappa shape index (κ3) is 2.83. The maximum atomic E-state index is 4.68. The molecule has 0 aliphatic rings. The Morgan fingerprint density at radius 1 is 1.00 bits per heavy atom. The van der Waals surface area contributed by atoms with Crippen LogP contribution in [0.3, 0.4) is 0 Å². The minimum atomic E-state index is 0.0402. The van der Waals surface area contributed by atoms with E-state index in [4.69, 9.17) is 0 Å². The highest BCUT2D eigenvalue weighted by atomic mass is 32.1. The SMILES string of the molecule is CC(C)(C)Nc1nc(-c2ccc3ccccc3c2)cs1. The Morgan fingerprint density at radius 2 is 1.75 bits per heavy atom. The summed E-state index contributed by atoms with van der Waals surface area (Å²) in [4.78, 5) is 4.68. The zero-order valence-electron chi connectivity index (χ0n) is 12.0. The molecule has 1 heterocycles. The average molecular weight is 282 g/mol. The first-order valence-corrected chi connectivity index (χ1v) is 7.62. The van der Waals surface area contributed by atoms with E-state index in [1.165, 1.54) is 16.3 Å². The standard InChI is InChI=1S/C17H18N2S/c1-17(2,3)19-16-18-15(11-20-16)14-9-8-12-6-4-5-7-13(12)10-14/h4-11H,1-3H3,(H,18,19). The maximum absolute atomic E-state index is 4.68. The number of hydrogen-bond acceptors (Lipinski definition) is 3. The molecule has 0 unspecified atom stereocenters. The second-order valence-corrected chi connectivity index (χ2v) is 6.83. The smallest absolute Gasteiger partial charge is 0.183 e. The van der Waals surface area contributed by atoms with E-state index in [0.717, 1.165) is 10.8 Å². The highest BCUT2D eigenvalue weighted by molar-refractivity contribution is 7.14. The maximum Gasteiger partial charge on any atom is 0.183 e. The third-order valence-electron chi connectivity index (χ3n) is 3.03. The molecule has 0 saturated carbocycles. The lowest BCUT2D eigenvalue weighted by atomic mass is 10.1. The number of anilines is 1. The normalized spacial score (nSPS) is 11.8. The Kier molecular flexibility index (Phi) is 3.22. The lowest BCUT2D eigenvalue weighted by molar-refractivity contribution is 0.633. The van der Waals surface area contributed by atoms with Crippen molar-refractivity contribution in [2.45, 2.75) is 26.3 Å². The average Bonchev–Trinajstić information content (AvgIpc) is 2.84. The number of aromatic nitrogens is 1. The molecule has 0 fully saturated rings. The summed E-state index contributed by atoms with van der Waals surface area (Å²) in [5.74, 6) is 0. The Morgan fingerprint density at radius 3 is 2.50 bits per heavy atom. The van der Waals surface area contributed by atoms with Crippen molar-refractivity contribution in [2.75, 3.05) is 5.32 Å². The molecule has 102 valence electrons. The summed E-state index contributed by atoms with van der Waals surface area (Å²) in [5.41, 5.74) is 2.24. The fourth-order valence-electron chi connectivity index (χ4n) is 2.13. The van der Waals surface area contributed by atoms with E-state index >= 15 is 0 Å². The van der Waals surface area contributed by atoms with E-state index in [9.17, 15) is 0 Å². The third-order valence-corrected chi connectivity index (χ3v) is 3.79. The van der Waals surface area contributed by atoms with E-state index in [-0.39, 0.29) is 5.54 Å². The second-order valence-electron chi connectivity index (χ2n) is 5.97. The van der Waals surface area contributed by atoms with Crippen LogP contribution in [0.15, 0.2) is 47.8 Å². The van der Waals surface area contributed by atoms with Gasteiger partial charge in [-0.05, 0) is 37.6 Å². The van der Waals surface area contributed by atoms with Gasteiger partial charge in [-0.1, -0.05) is 36.4 Å². The van der Waals surface area contributed by atoms with Gasteiger partial charge >= 0.3 is 0 Å². The van der Waals surface area contributed by atoms with E-state index in [0.29, 0.717) is 0 Å². The van der Waals surface area contributed by atoms with Crippen molar-refractivity contribution >= 4 is 27.2 Å². The monoisotopic (exact) mass is 282 g/mol. The molecule has 0 radical (unpaired) electrons. The molecule has 0 amide bonds. The number of hydrogen-bond donors (Lipinski definition) is 1. The van der Waals surface area contributed by atoms with Gasteiger partial charge in [-0.25, -0.2) is 4.98 Å². The number of rotatable bonds is 2. The summed E-state index contributed by atoms with van der Waals surface area (Å²) in [6.07, 6.45) is 0. The largest absolute Gasteiger partial charge is 0.357 e. The van der Waals surface area contributed by atoms with Gasteiger partial charge in [-0.2, -0.15) is 0 Å². The number of thiazole rings is 1. The molecule has 3 rings (SSSR count). The topological polar surface area (TPSA) is 24.9 Å². The molecule has 2 nitrogen and oxygen atoms in total. The van der Waals surface area contributed by atoms with Crippen LogP contribution < -0.4 is 5.32 Å². The molecule has 0 spiro atoms. The molecule has 1 N–H and O–H groups in total. The van der Waals surface area contributed by atoms with Gasteiger partial charge in [-0.15, -0.1) is 11.3 Å². The first kappa shape index (κ1) is 13.1. The lowest BCUT2D eigenvalue weighted by Gasteiger charge is -2.19. The summed E-state index contributed by atoms with van der Waals surface area (Å²) in [6, 6.07) is 14.9. The quantitative estimate of drug-likeness (QED) is 0.701. The molecule has 1 aromatic heterocycles. The van der Waals surface area contributed by atoms with Crippen LogP contribution in [0.25, 0.3) is 22.0 Å². The Balaban J connectivity index is 1.95. The van der Waals surface area contributed by atoms with Crippen molar-refractivity contribution in [3.63, 3.8) is 0 Å². The van der Waals surface area contributed by atoms with Gasteiger partial charge in [-0.3, -0.25) is 0 Å². The minimum absolute atomic E-state index is 0.0402. The fourth-order valence-corrected chi connectivity index (χ4v) is 3.06. The molecular weight excluding hydrogens is 264 g/mol. The highest BCUT2D eigenvalue weighted by Gasteiger charge is 2.12. The highest BCUT2D eigenvalue weighted by Crippen LogP contribution is 2.28. The molecule has 0 saturated heterocycles. The zero-order chi connectivity index (χ0) is 14.2. The molecule has 0 bridgehead atoms. The molecule has 0 aliphatic heterocycles. The summed E-state index contributed by atoms with van der Waals surface area (Å²) < 4.78 is 0. The summed E-state index contributed by atoms with van der Waals surface area (Å²) in [6.45, 7) is 6.43. The molecule has 2 aromatic carbocycles. The second kappa shape index (κ2) is 4.91. The van der Waals surface area contributed by atoms with Gasteiger partial charge < -0.3 is 5.32 Å². The lowest BCUT2D eigenvalue weighted by Crippen LogP contribution is -2.25. The Bertz CT molecular complexity index is 738. The van der Waals surface area contributed by atoms with Gasteiger partial charge in [0.15, 0.2) is 5.13 Å². The van der Waals surface area contributed by atoms with Crippen molar-refractivity contribution in [1.82, 2.24) is 4.98 Å². The van der Waals surface area contributed by atoms with Crippen LogP contribution in [0, 0.1) is 0 Å².